The molecule has 0 bridgehead atoms. The largest absolute Gasteiger partial charge is 0.306 e. The van der Waals surface area contributed by atoms with Gasteiger partial charge in [0.15, 0.2) is 0 Å². The standard InChI is InChI=1S/C16H17FN2/c1-3-14-9-12(2)7-8-16(14)19(18)11-13-5-4-6-15(17)10-13/h3-10H,1,11,18H2,2H3. The van der Waals surface area contributed by atoms with Crippen molar-refractivity contribution >= 4 is 11.8 Å². The van der Waals surface area contributed by atoms with Crippen LogP contribution in [0.3, 0.4) is 0 Å². The normalized spacial score (nSPS) is 10.3. The summed E-state index contributed by atoms with van der Waals surface area (Å²) in [6.45, 7) is 6.26. The second kappa shape index (κ2) is 5.67. The molecule has 0 amide bonds. The Morgan fingerprint density at radius 3 is 2.74 bits per heavy atom. The molecule has 2 aromatic rings. The predicted octanol–water partition coefficient (Wildman–Crippen LogP) is 3.66. The summed E-state index contributed by atoms with van der Waals surface area (Å²) >= 11 is 0. The third-order valence-electron chi connectivity index (χ3n) is 2.95. The maximum atomic E-state index is 13.1. The highest BCUT2D eigenvalue weighted by molar-refractivity contribution is 5.67. The zero-order valence-electron chi connectivity index (χ0n) is 10.9. The molecule has 0 saturated carbocycles. The smallest absolute Gasteiger partial charge is 0.123 e. The molecule has 19 heavy (non-hydrogen) atoms. The molecule has 0 unspecified atom stereocenters. The van der Waals surface area contributed by atoms with Crippen molar-refractivity contribution in [1.82, 2.24) is 0 Å². The van der Waals surface area contributed by atoms with Crippen LogP contribution in [0.25, 0.3) is 6.08 Å². The van der Waals surface area contributed by atoms with Gasteiger partial charge in [0.1, 0.15) is 5.82 Å². The number of nitrogens with two attached hydrogens (primary N) is 1. The third-order valence-corrected chi connectivity index (χ3v) is 2.95. The number of hydrazine groups is 1. The fourth-order valence-electron chi connectivity index (χ4n) is 2.02. The fraction of sp³-hybridized carbons (Fsp3) is 0.125. The molecule has 2 rings (SSSR count). The van der Waals surface area contributed by atoms with Crippen molar-refractivity contribution in [3.05, 3.63) is 71.6 Å². The fourth-order valence-corrected chi connectivity index (χ4v) is 2.02. The summed E-state index contributed by atoms with van der Waals surface area (Å²) in [5, 5.41) is 1.60. The molecule has 3 heteroatoms. The van der Waals surface area contributed by atoms with E-state index in [-0.39, 0.29) is 5.82 Å². The van der Waals surface area contributed by atoms with Crippen molar-refractivity contribution < 1.29 is 4.39 Å². The first kappa shape index (κ1) is 13.3. The monoisotopic (exact) mass is 256 g/mol. The molecule has 98 valence electrons. The number of aryl methyl sites for hydroxylation is 1. The molecule has 2 nitrogen and oxygen atoms in total. The van der Waals surface area contributed by atoms with E-state index in [0.717, 1.165) is 22.4 Å². The topological polar surface area (TPSA) is 29.3 Å². The van der Waals surface area contributed by atoms with E-state index in [1.807, 2.05) is 31.2 Å². The summed E-state index contributed by atoms with van der Waals surface area (Å²) in [5.74, 6) is 5.82. The lowest BCUT2D eigenvalue weighted by atomic mass is 10.1. The van der Waals surface area contributed by atoms with Gasteiger partial charge in [0.05, 0.1) is 12.2 Å². The SMILES string of the molecule is C=Cc1cc(C)ccc1N(N)Cc1cccc(F)c1. The van der Waals surface area contributed by atoms with Gasteiger partial charge in [0, 0.05) is 0 Å². The Labute approximate surface area is 112 Å². The first-order chi connectivity index (χ1) is 9.10. The molecule has 0 radical (unpaired) electrons. The number of rotatable bonds is 4. The van der Waals surface area contributed by atoms with E-state index in [0.29, 0.717) is 6.54 Å². The second-order valence-corrected chi connectivity index (χ2v) is 4.52. The van der Waals surface area contributed by atoms with Gasteiger partial charge in [-0.2, -0.15) is 0 Å². The van der Waals surface area contributed by atoms with Crippen LogP contribution in [0.2, 0.25) is 0 Å². The van der Waals surface area contributed by atoms with Gasteiger partial charge in [0.2, 0.25) is 0 Å². The summed E-state index contributed by atoms with van der Waals surface area (Å²) in [6, 6.07) is 12.4. The van der Waals surface area contributed by atoms with Gasteiger partial charge in [-0.15, -0.1) is 0 Å². The van der Waals surface area contributed by atoms with Crippen LogP contribution in [-0.4, -0.2) is 0 Å². The van der Waals surface area contributed by atoms with Crippen LogP contribution in [0.4, 0.5) is 10.1 Å². The predicted molar refractivity (Wildman–Crippen MR) is 78.0 cm³/mol. The molecule has 2 aromatic carbocycles. The maximum Gasteiger partial charge on any atom is 0.123 e. The number of nitrogens with zero attached hydrogens (tertiary/aromatic N) is 1. The summed E-state index contributed by atoms with van der Waals surface area (Å²) < 4.78 is 13.1. The molecule has 0 fully saturated rings. The minimum Gasteiger partial charge on any atom is -0.306 e. The Morgan fingerprint density at radius 1 is 1.26 bits per heavy atom. The van der Waals surface area contributed by atoms with E-state index in [1.165, 1.54) is 12.1 Å². The van der Waals surface area contributed by atoms with Crippen LogP contribution in [0, 0.1) is 12.7 Å². The van der Waals surface area contributed by atoms with Gasteiger partial charge in [-0.05, 0) is 42.3 Å². The molecule has 0 aliphatic heterocycles. The zero-order chi connectivity index (χ0) is 13.8. The zero-order valence-corrected chi connectivity index (χ0v) is 10.9. The average Bonchev–Trinajstić information content (AvgIpc) is 2.38. The summed E-state index contributed by atoms with van der Waals surface area (Å²) in [4.78, 5) is 0. The van der Waals surface area contributed by atoms with Crippen LogP contribution in [0.15, 0.2) is 49.0 Å². The molecular formula is C16H17FN2. The van der Waals surface area contributed by atoms with Gasteiger partial charge >= 0.3 is 0 Å². The van der Waals surface area contributed by atoms with Gasteiger partial charge in [-0.25, -0.2) is 10.2 Å². The van der Waals surface area contributed by atoms with Crippen molar-refractivity contribution in [3.8, 4) is 0 Å². The summed E-state index contributed by atoms with van der Waals surface area (Å²) in [7, 11) is 0. The van der Waals surface area contributed by atoms with Crippen molar-refractivity contribution in [3.63, 3.8) is 0 Å². The third kappa shape index (κ3) is 3.20. The Bertz CT molecular complexity index is 593. The number of halogens is 1. The van der Waals surface area contributed by atoms with Crippen LogP contribution < -0.4 is 10.9 Å². The van der Waals surface area contributed by atoms with E-state index in [9.17, 15) is 4.39 Å². The second-order valence-electron chi connectivity index (χ2n) is 4.52. The van der Waals surface area contributed by atoms with Gasteiger partial charge < -0.3 is 5.01 Å². The van der Waals surface area contributed by atoms with Crippen LogP contribution in [0.1, 0.15) is 16.7 Å². The summed E-state index contributed by atoms with van der Waals surface area (Å²) in [6.07, 6.45) is 1.77. The summed E-state index contributed by atoms with van der Waals surface area (Å²) in [5.41, 5.74) is 3.83. The Kier molecular flexibility index (Phi) is 3.97. The Balaban J connectivity index is 2.24. The van der Waals surface area contributed by atoms with Crippen LogP contribution in [-0.2, 0) is 6.54 Å². The van der Waals surface area contributed by atoms with Crippen molar-refractivity contribution in [2.45, 2.75) is 13.5 Å². The first-order valence-electron chi connectivity index (χ1n) is 6.10. The highest BCUT2D eigenvalue weighted by Gasteiger charge is 2.07. The molecule has 0 saturated heterocycles. The molecule has 0 aliphatic carbocycles. The lowest BCUT2D eigenvalue weighted by Gasteiger charge is -2.21. The highest BCUT2D eigenvalue weighted by atomic mass is 19.1. The maximum absolute atomic E-state index is 13.1. The number of hydrogen-bond acceptors (Lipinski definition) is 2. The minimum absolute atomic E-state index is 0.251. The van der Waals surface area contributed by atoms with E-state index < -0.39 is 0 Å². The van der Waals surface area contributed by atoms with Crippen molar-refractivity contribution in [2.24, 2.45) is 5.84 Å². The highest BCUT2D eigenvalue weighted by Crippen LogP contribution is 2.22. The lowest BCUT2D eigenvalue weighted by Crippen LogP contribution is -2.30. The molecule has 0 spiro atoms. The molecule has 2 N–H and O–H groups in total. The average molecular weight is 256 g/mol. The van der Waals surface area contributed by atoms with Crippen LogP contribution in [0.5, 0.6) is 0 Å². The van der Waals surface area contributed by atoms with E-state index in [2.05, 4.69) is 6.58 Å². The number of anilines is 1. The van der Waals surface area contributed by atoms with Gasteiger partial charge in [0.25, 0.3) is 0 Å². The van der Waals surface area contributed by atoms with Gasteiger partial charge in [-0.1, -0.05) is 36.4 Å². The van der Waals surface area contributed by atoms with E-state index >= 15 is 0 Å². The number of benzene rings is 2. The Morgan fingerprint density at radius 2 is 2.05 bits per heavy atom. The quantitative estimate of drug-likeness (QED) is 0.668. The molecule has 0 heterocycles. The first-order valence-corrected chi connectivity index (χ1v) is 6.10. The number of hydrogen-bond donors (Lipinski definition) is 1. The molecule has 0 atom stereocenters. The van der Waals surface area contributed by atoms with E-state index in [1.54, 1.807) is 17.2 Å². The molecular weight excluding hydrogens is 239 g/mol. The van der Waals surface area contributed by atoms with Crippen molar-refractivity contribution in [2.75, 3.05) is 5.01 Å². The molecule has 0 aromatic heterocycles. The van der Waals surface area contributed by atoms with Crippen LogP contribution >= 0.6 is 0 Å². The van der Waals surface area contributed by atoms with E-state index in [4.69, 9.17) is 5.84 Å². The molecule has 0 aliphatic rings. The van der Waals surface area contributed by atoms with Crippen molar-refractivity contribution in [1.29, 1.82) is 0 Å². The minimum atomic E-state index is -0.251. The lowest BCUT2D eigenvalue weighted by molar-refractivity contribution is 0.624. The Hall–Kier alpha value is -2.13. The van der Waals surface area contributed by atoms with Gasteiger partial charge in [-0.3, -0.25) is 0 Å².